The Labute approximate surface area is 186 Å². The largest absolute Gasteiger partial charge is 0.466 e. The maximum Gasteiger partial charge on any atom is 0.350 e. The van der Waals surface area contributed by atoms with Crippen LogP contribution in [0.5, 0.6) is 0 Å². The van der Waals surface area contributed by atoms with Crippen LogP contribution in [0.3, 0.4) is 0 Å². The van der Waals surface area contributed by atoms with Crippen molar-refractivity contribution in [3.8, 4) is 10.4 Å². The van der Waals surface area contributed by atoms with Crippen LogP contribution in [-0.2, 0) is 19.1 Å². The molecule has 1 N–H and O–H groups in total. The number of thiophene rings is 1. The number of esters is 2. The molecule has 0 saturated carbocycles. The van der Waals surface area contributed by atoms with Crippen molar-refractivity contribution in [2.75, 3.05) is 38.2 Å². The summed E-state index contributed by atoms with van der Waals surface area (Å²) in [7, 11) is 0. The molecule has 1 aromatic carbocycles. The van der Waals surface area contributed by atoms with Gasteiger partial charge in [-0.1, -0.05) is 30.3 Å². The smallest absolute Gasteiger partial charge is 0.350 e. The van der Waals surface area contributed by atoms with Gasteiger partial charge >= 0.3 is 11.9 Å². The monoisotopic (exact) mass is 444 g/mol. The van der Waals surface area contributed by atoms with E-state index in [9.17, 15) is 14.4 Å². The number of ether oxygens (including phenoxy) is 2. The first-order valence-electron chi connectivity index (χ1n) is 10.6. The molecule has 2 heterocycles. The van der Waals surface area contributed by atoms with Gasteiger partial charge in [0.15, 0.2) is 0 Å². The van der Waals surface area contributed by atoms with Crippen LogP contribution >= 0.6 is 11.3 Å². The van der Waals surface area contributed by atoms with Gasteiger partial charge in [0.05, 0.1) is 31.4 Å². The Morgan fingerprint density at radius 2 is 1.74 bits per heavy atom. The van der Waals surface area contributed by atoms with Crippen molar-refractivity contribution in [3.63, 3.8) is 0 Å². The predicted octanol–water partition coefficient (Wildman–Crippen LogP) is 3.81. The van der Waals surface area contributed by atoms with Gasteiger partial charge in [0.25, 0.3) is 0 Å². The van der Waals surface area contributed by atoms with Gasteiger partial charge in [-0.15, -0.1) is 11.3 Å². The van der Waals surface area contributed by atoms with Crippen molar-refractivity contribution in [2.45, 2.75) is 26.7 Å². The lowest BCUT2D eigenvalue weighted by Gasteiger charge is -2.30. The first-order valence-corrected chi connectivity index (χ1v) is 11.4. The Hall–Kier alpha value is -2.71. The summed E-state index contributed by atoms with van der Waals surface area (Å²) in [6.07, 6.45) is 1.35. The summed E-state index contributed by atoms with van der Waals surface area (Å²) < 4.78 is 10.3. The first-order chi connectivity index (χ1) is 15.0. The minimum absolute atomic E-state index is 0.0972. The number of piperidine rings is 1. The van der Waals surface area contributed by atoms with Crippen molar-refractivity contribution in [3.05, 3.63) is 41.3 Å². The van der Waals surface area contributed by atoms with Gasteiger partial charge in [-0.2, -0.15) is 0 Å². The van der Waals surface area contributed by atoms with E-state index in [0.717, 1.165) is 10.4 Å². The minimum atomic E-state index is -0.444. The number of likely N-dealkylation sites (tertiary alicyclic amines) is 1. The van der Waals surface area contributed by atoms with E-state index in [1.54, 1.807) is 13.8 Å². The van der Waals surface area contributed by atoms with Crippen molar-refractivity contribution < 1.29 is 23.9 Å². The summed E-state index contributed by atoms with van der Waals surface area (Å²) in [6, 6.07) is 11.5. The molecular formula is C23H28N2O5S. The SMILES string of the molecule is CCOC(=O)c1sc(-c2ccccc2)cc1NC(=O)CN1CCC(C(=O)OCC)CC1. The summed E-state index contributed by atoms with van der Waals surface area (Å²) in [6.45, 7) is 5.71. The number of nitrogens with zero attached hydrogens (tertiary/aromatic N) is 1. The van der Waals surface area contributed by atoms with Crippen LogP contribution in [-0.4, -0.2) is 55.6 Å². The average Bonchev–Trinajstić information content (AvgIpc) is 3.19. The Kier molecular flexibility index (Phi) is 8.20. The molecule has 3 rings (SSSR count). The van der Waals surface area contributed by atoms with Crippen LogP contribution in [0.4, 0.5) is 5.69 Å². The second-order valence-corrected chi connectivity index (χ2v) is 8.34. The standard InChI is InChI=1S/C23H28N2O5S/c1-3-29-22(27)17-10-12-25(13-11-17)15-20(26)24-18-14-19(16-8-6-5-7-9-16)31-21(18)23(28)30-4-2/h5-9,14,17H,3-4,10-13,15H2,1-2H3,(H,24,26). The molecule has 8 heteroatoms. The number of rotatable bonds is 8. The summed E-state index contributed by atoms with van der Waals surface area (Å²) in [4.78, 5) is 40.3. The Balaban J connectivity index is 1.64. The highest BCUT2D eigenvalue weighted by Crippen LogP contribution is 2.35. The van der Waals surface area contributed by atoms with E-state index in [1.807, 2.05) is 41.3 Å². The molecule has 1 aliphatic heterocycles. The lowest BCUT2D eigenvalue weighted by atomic mass is 9.97. The predicted molar refractivity (Wildman–Crippen MR) is 120 cm³/mol. The number of nitrogens with one attached hydrogen (secondary N) is 1. The van der Waals surface area contributed by atoms with Gasteiger partial charge in [0.2, 0.25) is 5.91 Å². The lowest BCUT2D eigenvalue weighted by molar-refractivity contribution is -0.149. The van der Waals surface area contributed by atoms with Gasteiger partial charge in [-0.05, 0) is 51.4 Å². The number of carbonyl (C=O) groups excluding carboxylic acids is 3. The van der Waals surface area contributed by atoms with Crippen LogP contribution in [0.15, 0.2) is 36.4 Å². The number of benzene rings is 1. The number of anilines is 1. The highest BCUT2D eigenvalue weighted by Gasteiger charge is 2.27. The topological polar surface area (TPSA) is 84.9 Å². The van der Waals surface area contributed by atoms with Gasteiger partial charge in [0.1, 0.15) is 4.88 Å². The zero-order chi connectivity index (χ0) is 22.2. The van der Waals surface area contributed by atoms with Crippen molar-refractivity contribution >= 4 is 34.9 Å². The Morgan fingerprint density at radius 3 is 2.39 bits per heavy atom. The second-order valence-electron chi connectivity index (χ2n) is 7.29. The molecule has 0 bridgehead atoms. The maximum atomic E-state index is 12.7. The quantitative estimate of drug-likeness (QED) is 0.624. The zero-order valence-corrected chi connectivity index (χ0v) is 18.7. The molecule has 1 aromatic heterocycles. The fourth-order valence-corrected chi connectivity index (χ4v) is 4.57. The molecule has 0 unspecified atom stereocenters. The summed E-state index contributed by atoms with van der Waals surface area (Å²) in [5.41, 5.74) is 1.44. The Morgan fingerprint density at radius 1 is 1.06 bits per heavy atom. The highest BCUT2D eigenvalue weighted by molar-refractivity contribution is 7.18. The molecule has 2 aromatic rings. The van der Waals surface area contributed by atoms with Crippen LogP contribution < -0.4 is 5.32 Å². The summed E-state index contributed by atoms with van der Waals surface area (Å²) in [5, 5.41) is 2.88. The third kappa shape index (κ3) is 6.15. The Bertz CT molecular complexity index is 904. The highest BCUT2D eigenvalue weighted by atomic mass is 32.1. The molecule has 0 atom stereocenters. The van der Waals surface area contributed by atoms with Gasteiger partial charge < -0.3 is 14.8 Å². The van der Waals surface area contributed by atoms with Crippen molar-refractivity contribution in [1.82, 2.24) is 4.90 Å². The van der Waals surface area contributed by atoms with E-state index in [2.05, 4.69) is 5.32 Å². The van der Waals surface area contributed by atoms with Crippen LogP contribution in [0.25, 0.3) is 10.4 Å². The third-order valence-electron chi connectivity index (χ3n) is 5.10. The van der Waals surface area contributed by atoms with E-state index in [4.69, 9.17) is 9.47 Å². The summed E-state index contributed by atoms with van der Waals surface area (Å²) >= 11 is 1.30. The zero-order valence-electron chi connectivity index (χ0n) is 17.9. The third-order valence-corrected chi connectivity index (χ3v) is 6.26. The van der Waals surface area contributed by atoms with Gasteiger partial charge in [-0.3, -0.25) is 14.5 Å². The molecular weight excluding hydrogens is 416 g/mol. The van der Waals surface area contributed by atoms with E-state index < -0.39 is 5.97 Å². The molecule has 0 aliphatic carbocycles. The van der Waals surface area contributed by atoms with Crippen molar-refractivity contribution in [2.24, 2.45) is 5.92 Å². The second kappa shape index (κ2) is 11.1. The number of amides is 1. The van der Waals surface area contributed by atoms with Gasteiger partial charge in [-0.25, -0.2) is 4.79 Å². The number of carbonyl (C=O) groups is 3. The van der Waals surface area contributed by atoms with Crippen LogP contribution in [0.1, 0.15) is 36.4 Å². The fraction of sp³-hybridized carbons (Fsp3) is 0.435. The molecule has 1 aliphatic rings. The summed E-state index contributed by atoms with van der Waals surface area (Å²) in [5.74, 6) is -0.893. The van der Waals surface area contributed by atoms with Gasteiger partial charge in [0, 0.05) is 4.88 Å². The average molecular weight is 445 g/mol. The first kappa shape index (κ1) is 23.0. The molecule has 1 amide bonds. The van der Waals surface area contributed by atoms with Crippen LogP contribution in [0.2, 0.25) is 0 Å². The molecule has 1 fully saturated rings. The molecule has 166 valence electrons. The number of hydrogen-bond acceptors (Lipinski definition) is 7. The maximum absolute atomic E-state index is 12.7. The van der Waals surface area contributed by atoms with E-state index in [-0.39, 0.29) is 30.9 Å². The fourth-order valence-electron chi connectivity index (χ4n) is 3.56. The minimum Gasteiger partial charge on any atom is -0.466 e. The normalized spacial score (nSPS) is 14.8. The van der Waals surface area contributed by atoms with E-state index in [1.165, 1.54) is 11.3 Å². The van der Waals surface area contributed by atoms with E-state index >= 15 is 0 Å². The van der Waals surface area contributed by atoms with Crippen LogP contribution in [0, 0.1) is 5.92 Å². The van der Waals surface area contributed by atoms with E-state index in [0.29, 0.717) is 43.1 Å². The lowest BCUT2D eigenvalue weighted by Crippen LogP contribution is -2.41. The molecule has 0 spiro atoms. The molecule has 7 nitrogen and oxygen atoms in total. The van der Waals surface area contributed by atoms with Crippen molar-refractivity contribution in [1.29, 1.82) is 0 Å². The molecule has 0 radical (unpaired) electrons. The number of hydrogen-bond donors (Lipinski definition) is 1. The molecule has 31 heavy (non-hydrogen) atoms. The molecule has 1 saturated heterocycles.